The van der Waals surface area contributed by atoms with Crippen LogP contribution in [0.4, 0.5) is 0 Å². The zero-order valence-corrected chi connectivity index (χ0v) is 14.8. The second kappa shape index (κ2) is 9.14. The fraction of sp³-hybridized carbons (Fsp3) is 0.190. The van der Waals surface area contributed by atoms with E-state index in [2.05, 4.69) is 12.1 Å². The molecule has 1 amide bonds. The van der Waals surface area contributed by atoms with E-state index in [9.17, 15) is 4.79 Å². The monoisotopic (exact) mass is 351 g/mol. The third-order valence-electron chi connectivity index (χ3n) is 3.82. The number of nitrogens with zero attached hydrogens (tertiary/aromatic N) is 1. The van der Waals surface area contributed by atoms with Gasteiger partial charge in [-0.05, 0) is 29.8 Å². The number of amides is 1. The first kappa shape index (κ1) is 17.4. The zero-order chi connectivity index (χ0) is 17.3. The van der Waals surface area contributed by atoms with E-state index in [1.165, 1.54) is 4.90 Å². The quantitative estimate of drug-likeness (QED) is 0.536. The van der Waals surface area contributed by atoms with Crippen LogP contribution in [0.3, 0.4) is 0 Å². The summed E-state index contributed by atoms with van der Waals surface area (Å²) < 4.78 is 5.43. The Labute approximate surface area is 152 Å². The molecule has 0 spiro atoms. The molecule has 0 fully saturated rings. The van der Waals surface area contributed by atoms with Crippen molar-refractivity contribution >= 4 is 17.7 Å². The van der Waals surface area contributed by atoms with Crippen molar-refractivity contribution < 1.29 is 9.21 Å². The first-order valence-electron chi connectivity index (χ1n) is 8.33. The third-order valence-corrected chi connectivity index (χ3v) is 4.84. The molecule has 0 N–H and O–H groups in total. The maximum Gasteiger partial charge on any atom is 0.224 e. The van der Waals surface area contributed by atoms with Crippen LogP contribution >= 0.6 is 11.8 Å². The normalized spacial score (nSPS) is 10.6. The molecule has 25 heavy (non-hydrogen) atoms. The Kier molecular flexibility index (Phi) is 6.35. The lowest BCUT2D eigenvalue weighted by molar-refractivity contribution is -0.132. The van der Waals surface area contributed by atoms with Crippen LogP contribution < -0.4 is 0 Å². The van der Waals surface area contributed by atoms with Gasteiger partial charge in [0.05, 0.1) is 12.8 Å². The van der Waals surface area contributed by atoms with E-state index in [0.717, 1.165) is 17.1 Å². The van der Waals surface area contributed by atoms with Gasteiger partial charge >= 0.3 is 0 Å². The van der Waals surface area contributed by atoms with Crippen molar-refractivity contribution in [2.75, 3.05) is 5.75 Å². The average Bonchev–Trinajstić information content (AvgIpc) is 3.16. The number of benzene rings is 2. The molecule has 0 atom stereocenters. The van der Waals surface area contributed by atoms with Crippen LogP contribution in [-0.2, 0) is 17.9 Å². The summed E-state index contributed by atoms with van der Waals surface area (Å²) in [4.78, 5) is 15.8. The smallest absolute Gasteiger partial charge is 0.224 e. The Bertz CT molecular complexity index is 757. The molecule has 0 aliphatic heterocycles. The molecule has 0 aliphatic rings. The topological polar surface area (TPSA) is 33.5 Å². The van der Waals surface area contributed by atoms with Crippen LogP contribution in [0.15, 0.2) is 88.4 Å². The zero-order valence-electron chi connectivity index (χ0n) is 14.0. The molecular weight excluding hydrogens is 330 g/mol. The van der Waals surface area contributed by atoms with Crippen molar-refractivity contribution in [1.82, 2.24) is 4.90 Å². The van der Waals surface area contributed by atoms with Gasteiger partial charge in [-0.3, -0.25) is 4.79 Å². The summed E-state index contributed by atoms with van der Waals surface area (Å²) in [6.07, 6.45) is 2.15. The van der Waals surface area contributed by atoms with E-state index < -0.39 is 0 Å². The van der Waals surface area contributed by atoms with Crippen LogP contribution in [0, 0.1) is 0 Å². The maximum atomic E-state index is 12.7. The predicted molar refractivity (Wildman–Crippen MR) is 101 cm³/mol. The number of thioether (sulfide) groups is 1. The van der Waals surface area contributed by atoms with Gasteiger partial charge in [0.15, 0.2) is 0 Å². The Morgan fingerprint density at radius 3 is 2.28 bits per heavy atom. The first-order valence-corrected chi connectivity index (χ1v) is 9.32. The largest absolute Gasteiger partial charge is 0.467 e. The summed E-state index contributed by atoms with van der Waals surface area (Å²) in [6, 6.07) is 24.0. The molecule has 2 aromatic carbocycles. The van der Waals surface area contributed by atoms with Crippen molar-refractivity contribution in [2.24, 2.45) is 0 Å². The van der Waals surface area contributed by atoms with Crippen LogP contribution in [0.5, 0.6) is 0 Å². The Morgan fingerprint density at radius 1 is 0.880 bits per heavy atom. The van der Waals surface area contributed by atoms with Gasteiger partial charge in [0.25, 0.3) is 0 Å². The summed E-state index contributed by atoms with van der Waals surface area (Å²) in [5, 5.41) is 0. The van der Waals surface area contributed by atoms with Crippen LogP contribution in [0.1, 0.15) is 17.7 Å². The highest BCUT2D eigenvalue weighted by atomic mass is 32.2. The maximum absolute atomic E-state index is 12.7. The molecule has 4 heteroatoms. The minimum Gasteiger partial charge on any atom is -0.467 e. The molecule has 0 bridgehead atoms. The van der Waals surface area contributed by atoms with Crippen LogP contribution in [0.2, 0.25) is 0 Å². The van der Waals surface area contributed by atoms with Gasteiger partial charge in [0.1, 0.15) is 5.76 Å². The third kappa shape index (κ3) is 5.54. The van der Waals surface area contributed by atoms with E-state index in [0.29, 0.717) is 19.5 Å². The van der Waals surface area contributed by atoms with Gasteiger partial charge in [-0.1, -0.05) is 48.5 Å². The molecule has 0 radical (unpaired) electrons. The van der Waals surface area contributed by atoms with E-state index in [1.54, 1.807) is 18.0 Å². The standard InChI is InChI=1S/C21H21NO2S/c23-21(13-15-25-20-11-5-2-6-12-20)22(17-19-10-7-14-24-19)16-18-8-3-1-4-9-18/h1-12,14H,13,15-17H2. The van der Waals surface area contributed by atoms with Crippen molar-refractivity contribution in [1.29, 1.82) is 0 Å². The molecule has 1 aromatic heterocycles. The van der Waals surface area contributed by atoms with E-state index in [1.807, 2.05) is 65.6 Å². The first-order chi connectivity index (χ1) is 12.3. The Hall–Kier alpha value is -2.46. The molecule has 1 heterocycles. The summed E-state index contributed by atoms with van der Waals surface area (Å²) in [7, 11) is 0. The van der Waals surface area contributed by atoms with E-state index in [-0.39, 0.29) is 5.91 Å². The average molecular weight is 351 g/mol. The number of carbonyl (C=O) groups excluding carboxylic acids is 1. The van der Waals surface area contributed by atoms with Gasteiger partial charge < -0.3 is 9.32 Å². The summed E-state index contributed by atoms with van der Waals surface area (Å²) in [6.45, 7) is 1.09. The van der Waals surface area contributed by atoms with E-state index in [4.69, 9.17) is 4.42 Å². The summed E-state index contributed by atoms with van der Waals surface area (Å²) in [5.41, 5.74) is 1.12. The molecule has 3 rings (SSSR count). The Balaban J connectivity index is 1.60. The molecular formula is C21H21NO2S. The second-order valence-electron chi connectivity index (χ2n) is 5.73. The highest BCUT2D eigenvalue weighted by Gasteiger charge is 2.15. The number of hydrogen-bond donors (Lipinski definition) is 0. The number of rotatable bonds is 8. The molecule has 3 nitrogen and oxygen atoms in total. The van der Waals surface area contributed by atoms with Gasteiger partial charge in [-0.25, -0.2) is 0 Å². The van der Waals surface area contributed by atoms with Crippen LogP contribution in [-0.4, -0.2) is 16.6 Å². The van der Waals surface area contributed by atoms with Crippen molar-refractivity contribution in [3.8, 4) is 0 Å². The summed E-state index contributed by atoms with van der Waals surface area (Å²) >= 11 is 1.71. The predicted octanol–water partition coefficient (Wildman–Crippen LogP) is 4.99. The number of carbonyl (C=O) groups is 1. The van der Waals surface area contributed by atoms with Gasteiger partial charge in [-0.15, -0.1) is 11.8 Å². The lowest BCUT2D eigenvalue weighted by Gasteiger charge is -2.22. The van der Waals surface area contributed by atoms with E-state index >= 15 is 0 Å². The molecule has 0 aliphatic carbocycles. The van der Waals surface area contributed by atoms with Gasteiger partial charge in [0.2, 0.25) is 5.91 Å². The molecule has 0 saturated heterocycles. The minimum atomic E-state index is 0.142. The van der Waals surface area contributed by atoms with Crippen molar-refractivity contribution in [3.05, 3.63) is 90.4 Å². The second-order valence-corrected chi connectivity index (χ2v) is 6.89. The van der Waals surface area contributed by atoms with Crippen molar-refractivity contribution in [3.63, 3.8) is 0 Å². The van der Waals surface area contributed by atoms with Crippen LogP contribution in [0.25, 0.3) is 0 Å². The number of furan rings is 1. The molecule has 0 saturated carbocycles. The van der Waals surface area contributed by atoms with Gasteiger partial charge in [-0.2, -0.15) is 0 Å². The highest BCUT2D eigenvalue weighted by molar-refractivity contribution is 7.99. The molecule has 3 aromatic rings. The molecule has 0 unspecified atom stereocenters. The fourth-order valence-corrected chi connectivity index (χ4v) is 3.42. The Morgan fingerprint density at radius 2 is 1.60 bits per heavy atom. The SMILES string of the molecule is O=C(CCSc1ccccc1)N(Cc1ccccc1)Cc1ccco1. The summed E-state index contributed by atoms with van der Waals surface area (Å²) in [5.74, 6) is 1.72. The van der Waals surface area contributed by atoms with Gasteiger partial charge in [0, 0.05) is 23.6 Å². The lowest BCUT2D eigenvalue weighted by Crippen LogP contribution is -2.30. The van der Waals surface area contributed by atoms with Crippen molar-refractivity contribution in [2.45, 2.75) is 24.4 Å². The minimum absolute atomic E-state index is 0.142. The fourth-order valence-electron chi connectivity index (χ4n) is 2.56. The lowest BCUT2D eigenvalue weighted by atomic mass is 10.2. The number of hydrogen-bond acceptors (Lipinski definition) is 3. The highest BCUT2D eigenvalue weighted by Crippen LogP contribution is 2.19. The molecule has 128 valence electrons.